The molecule has 0 unspecified atom stereocenters. The van der Waals surface area contributed by atoms with Crippen molar-refractivity contribution in [3.05, 3.63) is 47.8 Å². The van der Waals surface area contributed by atoms with Crippen molar-refractivity contribution >= 4 is 35.7 Å². The Morgan fingerprint density at radius 3 is 2.71 bits per heavy atom. The highest BCUT2D eigenvalue weighted by Crippen LogP contribution is 2.32. The van der Waals surface area contributed by atoms with Gasteiger partial charge in [-0.05, 0) is 31.2 Å². The quantitative estimate of drug-likeness (QED) is 0.565. The number of benzene rings is 1. The standard InChI is InChI=1S/C16H15N3OS/c1-10-3-4-11(9-18-10)15-6-12-5-13(8-17)14(19(2)21)7-16(12)20-15/h3-9,17,21H,1-2H3. The van der Waals surface area contributed by atoms with Crippen LogP contribution in [0.4, 0.5) is 5.69 Å². The minimum atomic E-state index is 0.770. The van der Waals surface area contributed by atoms with Crippen LogP contribution in [0, 0.1) is 12.3 Å². The van der Waals surface area contributed by atoms with E-state index in [1.165, 1.54) is 6.21 Å². The Hall–Kier alpha value is -2.27. The third kappa shape index (κ3) is 2.52. The van der Waals surface area contributed by atoms with Gasteiger partial charge >= 0.3 is 0 Å². The zero-order valence-electron chi connectivity index (χ0n) is 11.8. The Bertz CT molecular complexity index is 806. The van der Waals surface area contributed by atoms with E-state index in [9.17, 15) is 0 Å². The first-order valence-corrected chi connectivity index (χ1v) is 6.92. The Labute approximate surface area is 128 Å². The first-order valence-electron chi connectivity index (χ1n) is 6.52. The van der Waals surface area contributed by atoms with Crippen LogP contribution in [0.3, 0.4) is 0 Å². The second kappa shape index (κ2) is 5.26. The molecule has 0 saturated carbocycles. The fourth-order valence-corrected chi connectivity index (χ4v) is 2.42. The van der Waals surface area contributed by atoms with Gasteiger partial charge in [0.15, 0.2) is 0 Å². The molecule has 0 amide bonds. The van der Waals surface area contributed by atoms with E-state index in [-0.39, 0.29) is 0 Å². The van der Waals surface area contributed by atoms with Crippen molar-refractivity contribution in [2.24, 2.45) is 0 Å². The Morgan fingerprint density at radius 1 is 1.29 bits per heavy atom. The van der Waals surface area contributed by atoms with Crippen LogP contribution in [0.5, 0.6) is 0 Å². The highest BCUT2D eigenvalue weighted by atomic mass is 32.1. The summed E-state index contributed by atoms with van der Waals surface area (Å²) in [5.41, 5.74) is 4.32. The van der Waals surface area contributed by atoms with Crippen molar-refractivity contribution in [2.75, 3.05) is 11.4 Å². The summed E-state index contributed by atoms with van der Waals surface area (Å²) in [6, 6.07) is 9.74. The summed E-state index contributed by atoms with van der Waals surface area (Å²) in [6.45, 7) is 1.95. The third-order valence-electron chi connectivity index (χ3n) is 3.37. The van der Waals surface area contributed by atoms with Crippen LogP contribution in [-0.4, -0.2) is 18.2 Å². The molecule has 21 heavy (non-hydrogen) atoms. The van der Waals surface area contributed by atoms with E-state index in [0.29, 0.717) is 0 Å². The number of hydrogen-bond donors (Lipinski definition) is 2. The topological polar surface area (TPSA) is 53.1 Å². The molecular formula is C16H15N3OS. The Balaban J connectivity index is 2.15. The number of aryl methyl sites for hydroxylation is 1. The van der Waals surface area contributed by atoms with Crippen molar-refractivity contribution in [1.82, 2.24) is 4.98 Å². The van der Waals surface area contributed by atoms with Crippen molar-refractivity contribution in [2.45, 2.75) is 6.92 Å². The number of nitrogens with one attached hydrogen (secondary N) is 1. The third-order valence-corrected chi connectivity index (χ3v) is 3.58. The molecule has 0 aliphatic rings. The molecule has 106 valence electrons. The molecule has 3 rings (SSSR count). The van der Waals surface area contributed by atoms with Gasteiger partial charge in [-0.15, -0.1) is 0 Å². The molecule has 0 saturated heterocycles. The summed E-state index contributed by atoms with van der Waals surface area (Å²) in [7, 11) is 1.82. The number of aromatic nitrogens is 1. The number of nitrogens with zero attached hydrogens (tertiary/aromatic N) is 2. The van der Waals surface area contributed by atoms with E-state index < -0.39 is 0 Å². The first kappa shape index (κ1) is 13.7. The molecule has 3 aromatic rings. The predicted molar refractivity (Wildman–Crippen MR) is 89.5 cm³/mol. The highest BCUT2D eigenvalue weighted by Gasteiger charge is 2.11. The first-order chi connectivity index (χ1) is 10.1. The number of furan rings is 1. The van der Waals surface area contributed by atoms with Gasteiger partial charge in [-0.1, -0.05) is 12.8 Å². The van der Waals surface area contributed by atoms with Crippen LogP contribution >= 0.6 is 12.8 Å². The van der Waals surface area contributed by atoms with Crippen molar-refractivity contribution in [3.8, 4) is 11.3 Å². The number of thiol groups is 1. The average Bonchev–Trinajstić information content (AvgIpc) is 2.89. The maximum Gasteiger partial charge on any atom is 0.136 e. The predicted octanol–water partition coefficient (Wildman–Crippen LogP) is 4.08. The van der Waals surface area contributed by atoms with Crippen LogP contribution in [0.1, 0.15) is 11.3 Å². The van der Waals surface area contributed by atoms with E-state index in [1.807, 2.05) is 44.3 Å². The van der Waals surface area contributed by atoms with Crippen molar-refractivity contribution < 1.29 is 4.42 Å². The zero-order valence-corrected chi connectivity index (χ0v) is 12.7. The summed E-state index contributed by atoms with van der Waals surface area (Å²) >= 11 is 4.30. The lowest BCUT2D eigenvalue weighted by Gasteiger charge is -2.13. The van der Waals surface area contributed by atoms with Crippen LogP contribution < -0.4 is 4.31 Å². The summed E-state index contributed by atoms with van der Waals surface area (Å²) in [4.78, 5) is 4.29. The molecule has 4 nitrogen and oxygen atoms in total. The fourth-order valence-electron chi connectivity index (χ4n) is 2.25. The maximum atomic E-state index is 7.52. The minimum absolute atomic E-state index is 0.770. The van der Waals surface area contributed by atoms with Gasteiger partial charge in [-0.3, -0.25) is 4.98 Å². The van der Waals surface area contributed by atoms with E-state index in [1.54, 1.807) is 10.5 Å². The van der Waals surface area contributed by atoms with E-state index >= 15 is 0 Å². The molecule has 5 heteroatoms. The number of hydrogen-bond acceptors (Lipinski definition) is 5. The molecule has 0 aliphatic heterocycles. The van der Waals surface area contributed by atoms with Gasteiger partial charge in [0.1, 0.15) is 11.3 Å². The lowest BCUT2D eigenvalue weighted by Crippen LogP contribution is -2.03. The normalized spacial score (nSPS) is 10.8. The molecule has 0 spiro atoms. The second-order valence-corrected chi connectivity index (χ2v) is 5.52. The molecule has 1 N–H and O–H groups in total. The van der Waals surface area contributed by atoms with Crippen LogP contribution in [0.15, 0.2) is 40.9 Å². The minimum Gasteiger partial charge on any atom is -0.456 e. The molecule has 2 aromatic heterocycles. The summed E-state index contributed by atoms with van der Waals surface area (Å²) in [5.74, 6) is 0.771. The van der Waals surface area contributed by atoms with Gasteiger partial charge in [0, 0.05) is 47.7 Å². The van der Waals surface area contributed by atoms with Crippen molar-refractivity contribution in [3.63, 3.8) is 0 Å². The number of pyridine rings is 1. The number of fused-ring (bicyclic) bond motifs is 1. The highest BCUT2D eigenvalue weighted by molar-refractivity contribution is 7.81. The van der Waals surface area contributed by atoms with Gasteiger partial charge < -0.3 is 14.1 Å². The van der Waals surface area contributed by atoms with Crippen molar-refractivity contribution in [1.29, 1.82) is 5.41 Å². The zero-order chi connectivity index (χ0) is 15.0. The molecular weight excluding hydrogens is 282 g/mol. The number of rotatable bonds is 3. The average molecular weight is 297 g/mol. The summed E-state index contributed by atoms with van der Waals surface area (Å²) in [6.07, 6.45) is 3.12. The second-order valence-electron chi connectivity index (χ2n) is 4.92. The molecule has 0 radical (unpaired) electrons. The molecule has 0 aliphatic carbocycles. The van der Waals surface area contributed by atoms with Gasteiger partial charge in [0.2, 0.25) is 0 Å². The summed E-state index contributed by atoms with van der Waals surface area (Å²) in [5, 5.41) is 8.48. The largest absolute Gasteiger partial charge is 0.456 e. The maximum absolute atomic E-state index is 7.52. The van der Waals surface area contributed by atoms with Gasteiger partial charge in [0.25, 0.3) is 0 Å². The van der Waals surface area contributed by atoms with E-state index in [4.69, 9.17) is 9.83 Å². The van der Waals surface area contributed by atoms with E-state index in [2.05, 4.69) is 17.8 Å². The SMILES string of the molecule is Cc1ccc(-c2cc3cc(C=N)c(N(C)S)cc3o2)cn1. The Kier molecular flexibility index (Phi) is 3.43. The fraction of sp³-hybridized carbons (Fsp3) is 0.125. The van der Waals surface area contributed by atoms with Crippen LogP contribution in [0.25, 0.3) is 22.3 Å². The van der Waals surface area contributed by atoms with Crippen LogP contribution in [-0.2, 0) is 0 Å². The summed E-state index contributed by atoms with van der Waals surface area (Å²) < 4.78 is 7.58. The lowest BCUT2D eigenvalue weighted by molar-refractivity contribution is 0.631. The smallest absolute Gasteiger partial charge is 0.136 e. The molecule has 1 aromatic carbocycles. The lowest BCUT2D eigenvalue weighted by atomic mass is 10.1. The number of anilines is 1. The van der Waals surface area contributed by atoms with Gasteiger partial charge in [0.05, 0.1) is 5.69 Å². The Morgan fingerprint density at radius 2 is 2.10 bits per heavy atom. The monoisotopic (exact) mass is 297 g/mol. The van der Waals surface area contributed by atoms with E-state index in [0.717, 1.165) is 39.2 Å². The molecule has 0 fully saturated rings. The van der Waals surface area contributed by atoms with Gasteiger partial charge in [-0.2, -0.15) is 0 Å². The molecule has 2 heterocycles. The van der Waals surface area contributed by atoms with Crippen LogP contribution in [0.2, 0.25) is 0 Å². The van der Waals surface area contributed by atoms with Gasteiger partial charge in [-0.25, -0.2) is 0 Å². The molecule has 0 bridgehead atoms. The molecule has 0 atom stereocenters.